The molecule has 0 radical (unpaired) electrons. The van der Waals surface area contributed by atoms with Crippen LogP contribution < -0.4 is 16.0 Å². The van der Waals surface area contributed by atoms with Gasteiger partial charge in [-0.1, -0.05) is 42.5 Å². The van der Waals surface area contributed by atoms with Crippen LogP contribution >= 0.6 is 0 Å². The van der Waals surface area contributed by atoms with Gasteiger partial charge in [-0.2, -0.15) is 0 Å². The van der Waals surface area contributed by atoms with E-state index in [1.807, 2.05) is 48.5 Å². The number of carbonyl (C=O) groups excluding carboxylic acids is 5. The normalized spacial score (nSPS) is 21.0. The van der Waals surface area contributed by atoms with E-state index in [0.29, 0.717) is 80.2 Å². The first-order chi connectivity index (χ1) is 31.6. The van der Waals surface area contributed by atoms with Gasteiger partial charge in [0.05, 0.1) is 30.6 Å². The lowest BCUT2D eigenvalue weighted by atomic mass is 9.89. The first kappa shape index (κ1) is 44.5. The van der Waals surface area contributed by atoms with E-state index in [0.717, 1.165) is 28.5 Å². The summed E-state index contributed by atoms with van der Waals surface area (Å²) in [4.78, 5) is 75.6. The van der Waals surface area contributed by atoms with Crippen molar-refractivity contribution >= 4 is 46.7 Å². The summed E-state index contributed by atoms with van der Waals surface area (Å²) in [6, 6.07) is 20.5. The Morgan fingerprint density at radius 3 is 2.15 bits per heavy atom. The van der Waals surface area contributed by atoms with Crippen molar-refractivity contribution in [3.63, 3.8) is 0 Å². The van der Waals surface area contributed by atoms with Crippen molar-refractivity contribution in [3.05, 3.63) is 130 Å². The second kappa shape index (κ2) is 17.9. The molecule has 2 fully saturated rings. The number of pyridine rings is 1. The molecular formula is C49H52F2N8O7. The number of urea groups is 2. The maximum atomic E-state index is 14.1. The van der Waals surface area contributed by atoms with Gasteiger partial charge < -0.3 is 45.8 Å². The summed E-state index contributed by atoms with van der Waals surface area (Å²) in [6.07, 6.45) is 5.14. The molecule has 3 aromatic carbocycles. The Kier molecular flexibility index (Phi) is 12.1. The lowest BCUT2D eigenvalue weighted by Gasteiger charge is -2.34. The van der Waals surface area contributed by atoms with E-state index in [-0.39, 0.29) is 68.7 Å². The number of piperidine rings is 1. The fourth-order valence-electron chi connectivity index (χ4n) is 9.63. The molecule has 3 unspecified atom stereocenters. The molecule has 4 aromatic rings. The topological polar surface area (TPSA) is 188 Å². The fourth-order valence-corrected chi connectivity index (χ4v) is 9.63. The van der Waals surface area contributed by atoms with Crippen LogP contribution in [0.5, 0.6) is 0 Å². The number of anilines is 2. The van der Waals surface area contributed by atoms with Crippen LogP contribution in [0.2, 0.25) is 0 Å². The summed E-state index contributed by atoms with van der Waals surface area (Å²) in [7, 11) is 0. The van der Waals surface area contributed by atoms with Crippen molar-refractivity contribution in [1.82, 2.24) is 29.9 Å². The second-order valence-electron chi connectivity index (χ2n) is 18.4. The van der Waals surface area contributed by atoms with Gasteiger partial charge >= 0.3 is 23.9 Å². The largest absolute Gasteiger partial charge is 0.388 e. The number of halogens is 2. The molecule has 0 bridgehead atoms. The maximum absolute atomic E-state index is 14.1. The Morgan fingerprint density at radius 1 is 0.818 bits per heavy atom. The van der Waals surface area contributed by atoms with Gasteiger partial charge in [-0.15, -0.1) is 0 Å². The third kappa shape index (κ3) is 9.49. The highest BCUT2D eigenvalue weighted by Crippen LogP contribution is 2.50. The molecule has 17 heteroatoms. The molecule has 3 atom stereocenters. The summed E-state index contributed by atoms with van der Waals surface area (Å²) >= 11 is 0. The van der Waals surface area contributed by atoms with Crippen LogP contribution in [0.15, 0.2) is 85.1 Å². The number of fused-ring (bicyclic) bond motifs is 2. The Balaban J connectivity index is 0.679. The Bertz CT molecular complexity index is 2600. The Morgan fingerprint density at radius 2 is 1.48 bits per heavy atom. The highest BCUT2D eigenvalue weighted by atomic mass is 19.1. The molecule has 344 valence electrons. The zero-order chi connectivity index (χ0) is 46.3. The standard InChI is InChI=1S/C49H52F2N8O7/c1-48(65,29-53-43(60)44(61)56-17-13-32(14-18-56)30-5-9-38(10-6-30)54-46(63)58-25-34-3-2-4-41(51)40(34)27-58)22-36-23-49(36,66)45(62)57-19-15-33(16-20-57)31-7-11-39(12-8-31)55-47(64)59-26-35-21-37(50)24-52-42(35)28-59/h2-13,21,24,33,36,65-66H,14-20,22-23,25-29H2,1H3,(H,53,60)(H,54,63)(H,55,64). The number of benzene rings is 3. The van der Waals surface area contributed by atoms with Crippen molar-refractivity contribution in [3.8, 4) is 0 Å². The molecule has 5 aliphatic rings. The van der Waals surface area contributed by atoms with E-state index in [2.05, 4.69) is 20.9 Å². The van der Waals surface area contributed by atoms with Crippen LogP contribution in [0.4, 0.5) is 29.7 Å². The van der Waals surface area contributed by atoms with E-state index < -0.39 is 34.8 Å². The number of carbonyl (C=O) groups is 5. The van der Waals surface area contributed by atoms with Crippen LogP contribution in [0.3, 0.4) is 0 Å². The van der Waals surface area contributed by atoms with Crippen LogP contribution in [-0.4, -0.2) is 109 Å². The fraction of sp³-hybridized carbons (Fsp3) is 0.388. The smallest absolute Gasteiger partial charge is 0.322 e. The number of amides is 7. The SMILES string of the molecule is CC(O)(CNC(=O)C(=O)N1CC=C(c2ccc(NC(=O)N3Cc4cccc(F)c4C3)cc2)CC1)CC1CC1(O)C(=O)N1CCC(c2ccc(NC(=O)N3Cc4cc(F)cnc4C3)cc2)CC1. The molecular weight excluding hydrogens is 851 g/mol. The third-order valence-corrected chi connectivity index (χ3v) is 13.6. The minimum atomic E-state index is -1.60. The highest BCUT2D eigenvalue weighted by Gasteiger charge is 2.61. The first-order valence-corrected chi connectivity index (χ1v) is 22.3. The molecule has 0 spiro atoms. The zero-order valence-corrected chi connectivity index (χ0v) is 36.6. The quantitative estimate of drug-likeness (QED) is 0.137. The van der Waals surface area contributed by atoms with E-state index in [1.165, 1.54) is 24.0 Å². The van der Waals surface area contributed by atoms with E-state index in [4.69, 9.17) is 0 Å². The van der Waals surface area contributed by atoms with E-state index >= 15 is 0 Å². The first-order valence-electron chi connectivity index (χ1n) is 22.3. The van der Waals surface area contributed by atoms with Gasteiger partial charge in [-0.25, -0.2) is 18.4 Å². The summed E-state index contributed by atoms with van der Waals surface area (Å²) < 4.78 is 27.7. The number of nitrogens with one attached hydrogen (secondary N) is 3. The number of likely N-dealkylation sites (tertiary alicyclic amines) is 1. The minimum Gasteiger partial charge on any atom is -0.388 e. The number of rotatable bonds is 9. The average molecular weight is 903 g/mol. The monoisotopic (exact) mass is 902 g/mol. The number of aromatic nitrogens is 1. The second-order valence-corrected chi connectivity index (χ2v) is 18.4. The molecule has 1 aromatic heterocycles. The summed E-state index contributed by atoms with van der Waals surface area (Å²) in [5.74, 6) is -3.03. The summed E-state index contributed by atoms with van der Waals surface area (Å²) in [6.45, 7) is 3.81. The van der Waals surface area contributed by atoms with Gasteiger partial charge in [-0.3, -0.25) is 19.4 Å². The van der Waals surface area contributed by atoms with E-state index in [9.17, 15) is 43.0 Å². The predicted octanol–water partition coefficient (Wildman–Crippen LogP) is 5.49. The van der Waals surface area contributed by atoms with Crippen LogP contribution in [0, 0.1) is 17.6 Å². The van der Waals surface area contributed by atoms with Gasteiger partial charge in [-0.05, 0) is 109 Å². The van der Waals surface area contributed by atoms with Gasteiger partial charge in [0, 0.05) is 68.7 Å². The lowest BCUT2D eigenvalue weighted by Crippen LogP contribution is -2.49. The van der Waals surface area contributed by atoms with Gasteiger partial charge in [0.1, 0.15) is 17.2 Å². The maximum Gasteiger partial charge on any atom is 0.322 e. The number of hydrogen-bond donors (Lipinski definition) is 5. The lowest BCUT2D eigenvalue weighted by molar-refractivity contribution is -0.146. The molecule has 7 amide bonds. The van der Waals surface area contributed by atoms with Crippen molar-refractivity contribution in [2.75, 3.05) is 43.4 Å². The highest BCUT2D eigenvalue weighted by molar-refractivity contribution is 6.35. The average Bonchev–Trinajstić information content (AvgIpc) is 3.60. The molecule has 1 saturated heterocycles. The number of nitrogens with zero attached hydrogens (tertiary/aromatic N) is 5. The Labute approximate surface area is 380 Å². The molecule has 1 saturated carbocycles. The number of hydrogen-bond acceptors (Lipinski definition) is 8. The van der Waals surface area contributed by atoms with Crippen LogP contribution in [0.25, 0.3) is 5.57 Å². The van der Waals surface area contributed by atoms with Gasteiger partial charge in [0.25, 0.3) is 5.91 Å². The van der Waals surface area contributed by atoms with Crippen molar-refractivity contribution in [1.29, 1.82) is 0 Å². The van der Waals surface area contributed by atoms with Gasteiger partial charge in [0.15, 0.2) is 0 Å². The van der Waals surface area contributed by atoms with Crippen molar-refractivity contribution < 1.29 is 43.0 Å². The molecule has 66 heavy (non-hydrogen) atoms. The molecule has 4 aliphatic heterocycles. The van der Waals surface area contributed by atoms with Crippen molar-refractivity contribution in [2.45, 2.75) is 82.3 Å². The summed E-state index contributed by atoms with van der Waals surface area (Å²) in [5.41, 5.74) is 3.80. The minimum absolute atomic E-state index is 0.0496. The van der Waals surface area contributed by atoms with Crippen LogP contribution in [-0.2, 0) is 40.6 Å². The molecule has 15 nitrogen and oxygen atoms in total. The molecule has 5 N–H and O–H groups in total. The third-order valence-electron chi connectivity index (χ3n) is 13.6. The van der Waals surface area contributed by atoms with Crippen LogP contribution in [0.1, 0.15) is 78.5 Å². The predicted molar refractivity (Wildman–Crippen MR) is 239 cm³/mol. The number of aliphatic hydroxyl groups is 2. The zero-order valence-electron chi connectivity index (χ0n) is 36.6. The Hall–Kier alpha value is -6.72. The van der Waals surface area contributed by atoms with Crippen molar-refractivity contribution in [2.24, 2.45) is 5.92 Å². The van der Waals surface area contributed by atoms with Gasteiger partial charge in [0.2, 0.25) is 0 Å². The summed E-state index contributed by atoms with van der Waals surface area (Å²) in [5, 5.41) is 30.8. The molecule has 1 aliphatic carbocycles. The molecule has 9 rings (SSSR count). The van der Waals surface area contributed by atoms with E-state index in [1.54, 1.807) is 32.9 Å². The molecule has 5 heterocycles.